The van der Waals surface area contributed by atoms with Crippen LogP contribution in [0.1, 0.15) is 29.2 Å². The number of terminal acetylenes is 1. The SMILES string of the molecule is C#CCOc1cc(CNC(=O)NC2CCc3cc(Cl)ccc32)ccc1OC. The van der Waals surface area contributed by atoms with Crippen molar-refractivity contribution in [1.29, 1.82) is 0 Å². The zero-order chi connectivity index (χ0) is 19.2. The lowest BCUT2D eigenvalue weighted by molar-refractivity contribution is 0.236. The van der Waals surface area contributed by atoms with Crippen LogP contribution in [-0.2, 0) is 13.0 Å². The molecule has 0 bridgehead atoms. The van der Waals surface area contributed by atoms with Crippen LogP contribution in [0, 0.1) is 12.3 Å². The van der Waals surface area contributed by atoms with Gasteiger partial charge in [0.2, 0.25) is 0 Å². The average Bonchev–Trinajstić information content (AvgIpc) is 3.06. The predicted molar refractivity (Wildman–Crippen MR) is 105 cm³/mol. The van der Waals surface area contributed by atoms with E-state index in [0.29, 0.717) is 18.0 Å². The molecule has 0 aromatic heterocycles. The van der Waals surface area contributed by atoms with Gasteiger partial charge in [0.1, 0.15) is 6.61 Å². The molecule has 0 heterocycles. The van der Waals surface area contributed by atoms with E-state index in [4.69, 9.17) is 27.5 Å². The van der Waals surface area contributed by atoms with Crippen LogP contribution in [-0.4, -0.2) is 19.7 Å². The van der Waals surface area contributed by atoms with E-state index < -0.39 is 0 Å². The lowest BCUT2D eigenvalue weighted by Crippen LogP contribution is -2.36. The van der Waals surface area contributed by atoms with Crippen molar-refractivity contribution in [2.24, 2.45) is 0 Å². The number of aryl methyl sites for hydroxylation is 1. The second-order valence-corrected chi connectivity index (χ2v) is 6.68. The maximum atomic E-state index is 12.3. The number of amides is 2. The molecule has 27 heavy (non-hydrogen) atoms. The highest BCUT2D eigenvalue weighted by molar-refractivity contribution is 6.30. The van der Waals surface area contributed by atoms with Gasteiger partial charge in [-0.05, 0) is 53.8 Å². The van der Waals surface area contributed by atoms with Crippen LogP contribution in [0.3, 0.4) is 0 Å². The number of carbonyl (C=O) groups is 1. The Labute approximate surface area is 164 Å². The van der Waals surface area contributed by atoms with Gasteiger partial charge in [-0.3, -0.25) is 0 Å². The number of halogens is 1. The molecule has 0 spiro atoms. The Morgan fingerprint density at radius 3 is 2.93 bits per heavy atom. The average molecular weight is 385 g/mol. The Hall–Kier alpha value is -2.84. The molecule has 3 rings (SSSR count). The van der Waals surface area contributed by atoms with E-state index >= 15 is 0 Å². The summed E-state index contributed by atoms with van der Waals surface area (Å²) < 4.78 is 10.7. The Morgan fingerprint density at radius 2 is 2.15 bits per heavy atom. The highest BCUT2D eigenvalue weighted by Gasteiger charge is 2.23. The summed E-state index contributed by atoms with van der Waals surface area (Å²) in [7, 11) is 1.57. The molecule has 2 aromatic carbocycles. The fourth-order valence-electron chi connectivity index (χ4n) is 3.19. The number of rotatable bonds is 6. The zero-order valence-electron chi connectivity index (χ0n) is 15.0. The van der Waals surface area contributed by atoms with Crippen LogP contribution in [0.5, 0.6) is 11.5 Å². The second kappa shape index (κ2) is 8.70. The van der Waals surface area contributed by atoms with Crippen molar-refractivity contribution in [2.45, 2.75) is 25.4 Å². The molecule has 0 radical (unpaired) electrons. The van der Waals surface area contributed by atoms with Crippen LogP contribution < -0.4 is 20.1 Å². The van der Waals surface area contributed by atoms with Gasteiger partial charge >= 0.3 is 6.03 Å². The molecule has 2 aromatic rings. The van der Waals surface area contributed by atoms with Crippen molar-refractivity contribution >= 4 is 17.6 Å². The molecule has 6 heteroatoms. The van der Waals surface area contributed by atoms with Crippen LogP contribution in [0.4, 0.5) is 4.79 Å². The highest BCUT2D eigenvalue weighted by atomic mass is 35.5. The maximum Gasteiger partial charge on any atom is 0.315 e. The molecule has 0 fully saturated rings. The van der Waals surface area contributed by atoms with Gasteiger partial charge in [-0.25, -0.2) is 4.79 Å². The first-order valence-corrected chi connectivity index (χ1v) is 9.04. The van der Waals surface area contributed by atoms with Crippen LogP contribution in [0.15, 0.2) is 36.4 Å². The quantitative estimate of drug-likeness (QED) is 0.744. The van der Waals surface area contributed by atoms with E-state index in [1.54, 1.807) is 13.2 Å². The molecule has 1 atom stereocenters. The van der Waals surface area contributed by atoms with Crippen molar-refractivity contribution in [1.82, 2.24) is 10.6 Å². The van der Waals surface area contributed by atoms with Crippen molar-refractivity contribution < 1.29 is 14.3 Å². The van der Waals surface area contributed by atoms with Gasteiger partial charge in [-0.15, -0.1) is 6.42 Å². The molecule has 140 valence electrons. The first-order chi connectivity index (χ1) is 13.1. The van der Waals surface area contributed by atoms with E-state index in [1.165, 1.54) is 5.56 Å². The van der Waals surface area contributed by atoms with Gasteiger partial charge in [0.15, 0.2) is 11.5 Å². The van der Waals surface area contributed by atoms with Crippen molar-refractivity contribution in [2.75, 3.05) is 13.7 Å². The predicted octanol–water partition coefficient (Wildman–Crippen LogP) is 3.85. The summed E-state index contributed by atoms with van der Waals surface area (Å²) in [5, 5.41) is 6.62. The lowest BCUT2D eigenvalue weighted by atomic mass is 10.1. The smallest absolute Gasteiger partial charge is 0.315 e. The first kappa shape index (κ1) is 18.9. The van der Waals surface area contributed by atoms with Crippen LogP contribution in [0.2, 0.25) is 5.02 Å². The molecule has 2 N–H and O–H groups in total. The molecule has 1 aliphatic rings. The number of carbonyl (C=O) groups excluding carboxylic acids is 1. The molecular weight excluding hydrogens is 364 g/mol. The number of methoxy groups -OCH3 is 1. The third-order valence-electron chi connectivity index (χ3n) is 4.48. The summed E-state index contributed by atoms with van der Waals surface area (Å²) in [6, 6.07) is 11.1. The lowest BCUT2D eigenvalue weighted by Gasteiger charge is -2.16. The van der Waals surface area contributed by atoms with Gasteiger partial charge in [-0.1, -0.05) is 29.7 Å². The summed E-state index contributed by atoms with van der Waals surface area (Å²) in [4.78, 5) is 12.3. The summed E-state index contributed by atoms with van der Waals surface area (Å²) >= 11 is 6.03. The van der Waals surface area contributed by atoms with E-state index in [1.807, 2.05) is 30.3 Å². The Morgan fingerprint density at radius 1 is 1.30 bits per heavy atom. The summed E-state index contributed by atoms with van der Waals surface area (Å²) in [5.74, 6) is 3.57. The molecule has 2 amide bonds. The minimum Gasteiger partial charge on any atom is -0.493 e. The number of hydrogen-bond acceptors (Lipinski definition) is 3. The van der Waals surface area contributed by atoms with Gasteiger partial charge in [-0.2, -0.15) is 0 Å². The third-order valence-corrected chi connectivity index (χ3v) is 4.72. The number of ether oxygens (including phenoxy) is 2. The number of fused-ring (bicyclic) bond motifs is 1. The number of benzene rings is 2. The standard InChI is InChI=1S/C21H21ClN2O3/c1-3-10-27-20-11-14(4-9-19(20)26-2)13-23-21(25)24-18-8-5-15-12-16(22)6-7-17(15)18/h1,4,6-7,9,11-12,18H,5,8,10,13H2,2H3,(H2,23,24,25). The normalized spacial score (nSPS) is 14.8. The Balaban J connectivity index is 1.58. The third kappa shape index (κ3) is 4.66. The van der Waals surface area contributed by atoms with Gasteiger partial charge in [0.25, 0.3) is 0 Å². The highest BCUT2D eigenvalue weighted by Crippen LogP contribution is 2.32. The van der Waals surface area contributed by atoms with Crippen LogP contribution in [0.25, 0.3) is 0 Å². The van der Waals surface area contributed by atoms with E-state index in [-0.39, 0.29) is 18.7 Å². The molecule has 0 saturated carbocycles. The molecule has 0 aliphatic heterocycles. The van der Waals surface area contributed by atoms with Crippen LogP contribution >= 0.6 is 11.6 Å². The van der Waals surface area contributed by atoms with E-state index in [9.17, 15) is 4.79 Å². The van der Waals surface area contributed by atoms with Crippen molar-refractivity contribution in [3.8, 4) is 23.8 Å². The molecule has 1 aliphatic carbocycles. The largest absolute Gasteiger partial charge is 0.493 e. The molecule has 5 nitrogen and oxygen atoms in total. The fourth-order valence-corrected chi connectivity index (χ4v) is 3.39. The Kier molecular flexibility index (Phi) is 6.10. The molecular formula is C21H21ClN2O3. The van der Waals surface area contributed by atoms with E-state index in [0.717, 1.165) is 29.0 Å². The fraction of sp³-hybridized carbons (Fsp3) is 0.286. The molecule has 1 unspecified atom stereocenters. The monoisotopic (exact) mass is 384 g/mol. The summed E-state index contributed by atoms with van der Waals surface area (Å²) in [5.41, 5.74) is 3.21. The second-order valence-electron chi connectivity index (χ2n) is 6.24. The first-order valence-electron chi connectivity index (χ1n) is 8.66. The zero-order valence-corrected chi connectivity index (χ0v) is 15.8. The summed E-state index contributed by atoms with van der Waals surface area (Å²) in [6.45, 7) is 0.515. The number of urea groups is 1. The van der Waals surface area contributed by atoms with Crippen molar-refractivity contribution in [3.05, 3.63) is 58.1 Å². The number of hydrogen-bond donors (Lipinski definition) is 2. The van der Waals surface area contributed by atoms with Gasteiger partial charge < -0.3 is 20.1 Å². The number of nitrogens with one attached hydrogen (secondary N) is 2. The van der Waals surface area contributed by atoms with E-state index in [2.05, 4.69) is 16.6 Å². The van der Waals surface area contributed by atoms with Gasteiger partial charge in [0.05, 0.1) is 13.2 Å². The van der Waals surface area contributed by atoms with Crippen molar-refractivity contribution in [3.63, 3.8) is 0 Å². The minimum atomic E-state index is -0.218. The topological polar surface area (TPSA) is 59.6 Å². The maximum absolute atomic E-state index is 12.3. The molecule has 0 saturated heterocycles. The minimum absolute atomic E-state index is 0.00246. The van der Waals surface area contributed by atoms with Gasteiger partial charge in [0, 0.05) is 11.6 Å². The summed E-state index contributed by atoms with van der Waals surface area (Å²) in [6.07, 6.45) is 7.02. The Bertz CT molecular complexity index is 876.